The Kier molecular flexibility index (Phi) is 5.33. The van der Waals surface area contributed by atoms with Gasteiger partial charge in [0.25, 0.3) is 0 Å². The van der Waals surface area contributed by atoms with E-state index in [1.807, 2.05) is 65.7 Å². The molecule has 1 aromatic heterocycles. The number of hydrogen-bond donors (Lipinski definition) is 1. The summed E-state index contributed by atoms with van der Waals surface area (Å²) in [5.74, 6) is 0.771. The first-order valence-corrected chi connectivity index (χ1v) is 10.7. The average molecular weight is 444 g/mol. The van der Waals surface area contributed by atoms with Gasteiger partial charge in [-0.3, -0.25) is 0 Å². The van der Waals surface area contributed by atoms with Crippen LogP contribution in [0.3, 0.4) is 0 Å². The standard InChI is InChI=1S/C26H22ClN3O2/c1-32-20-14-12-18(13-15-20)25-24-11-6-16-29(24)23-10-5-2-7-19(23)17-30(25)26(31)28-22-9-4-3-8-21(22)27/h2-16,25H,17H2,1H3,(H,28,31)/t25-/m0/s1. The molecule has 0 fully saturated rings. The minimum Gasteiger partial charge on any atom is -0.497 e. The van der Waals surface area contributed by atoms with Crippen molar-refractivity contribution in [2.24, 2.45) is 0 Å². The predicted octanol–water partition coefficient (Wildman–Crippen LogP) is 6.28. The van der Waals surface area contributed by atoms with Crippen molar-refractivity contribution in [2.75, 3.05) is 12.4 Å². The maximum absolute atomic E-state index is 13.6. The molecule has 2 heterocycles. The topological polar surface area (TPSA) is 46.5 Å². The number of ether oxygens (including phenoxy) is 1. The molecule has 2 amide bonds. The van der Waals surface area contributed by atoms with E-state index in [-0.39, 0.29) is 12.1 Å². The van der Waals surface area contributed by atoms with Crippen molar-refractivity contribution in [1.82, 2.24) is 9.47 Å². The van der Waals surface area contributed by atoms with E-state index in [1.165, 1.54) is 0 Å². The first-order valence-electron chi connectivity index (χ1n) is 10.4. The lowest BCUT2D eigenvalue weighted by molar-refractivity contribution is 0.194. The molecule has 4 aromatic rings. The van der Waals surface area contributed by atoms with Gasteiger partial charge in [-0.15, -0.1) is 0 Å². The number of carbonyl (C=O) groups is 1. The Bertz CT molecular complexity index is 1270. The largest absolute Gasteiger partial charge is 0.497 e. The fourth-order valence-electron chi connectivity index (χ4n) is 4.23. The number of methoxy groups -OCH3 is 1. The summed E-state index contributed by atoms with van der Waals surface area (Å²) in [7, 11) is 1.64. The zero-order chi connectivity index (χ0) is 22.1. The third-order valence-electron chi connectivity index (χ3n) is 5.77. The predicted molar refractivity (Wildman–Crippen MR) is 127 cm³/mol. The molecule has 32 heavy (non-hydrogen) atoms. The van der Waals surface area contributed by atoms with Crippen molar-refractivity contribution in [1.29, 1.82) is 0 Å². The highest BCUT2D eigenvalue weighted by molar-refractivity contribution is 6.33. The van der Waals surface area contributed by atoms with E-state index in [0.29, 0.717) is 17.3 Å². The van der Waals surface area contributed by atoms with Crippen LogP contribution in [0.15, 0.2) is 91.1 Å². The number of fused-ring (bicyclic) bond motifs is 3. The molecule has 5 rings (SSSR count). The SMILES string of the molecule is COc1ccc([C@H]2c3cccn3-c3ccccc3CN2C(=O)Nc2ccccc2Cl)cc1. The fourth-order valence-corrected chi connectivity index (χ4v) is 4.41. The minimum absolute atomic E-state index is 0.219. The molecule has 0 radical (unpaired) electrons. The number of halogens is 1. The number of carbonyl (C=O) groups excluding carboxylic acids is 1. The number of aromatic nitrogens is 1. The highest BCUT2D eigenvalue weighted by Crippen LogP contribution is 2.37. The third-order valence-corrected chi connectivity index (χ3v) is 6.10. The van der Waals surface area contributed by atoms with E-state index in [4.69, 9.17) is 16.3 Å². The summed E-state index contributed by atoms with van der Waals surface area (Å²) >= 11 is 6.32. The summed E-state index contributed by atoms with van der Waals surface area (Å²) in [5, 5.41) is 3.51. The Labute approximate surface area is 191 Å². The maximum Gasteiger partial charge on any atom is 0.323 e. The van der Waals surface area contributed by atoms with Crippen LogP contribution in [0.25, 0.3) is 5.69 Å². The van der Waals surface area contributed by atoms with Crippen molar-refractivity contribution in [3.05, 3.63) is 113 Å². The van der Waals surface area contributed by atoms with Gasteiger partial charge in [-0.1, -0.05) is 54.1 Å². The molecule has 3 aromatic carbocycles. The maximum atomic E-state index is 13.6. The highest BCUT2D eigenvalue weighted by atomic mass is 35.5. The molecular formula is C26H22ClN3O2. The summed E-state index contributed by atoms with van der Waals surface area (Å²) in [4.78, 5) is 15.5. The van der Waals surface area contributed by atoms with E-state index in [1.54, 1.807) is 19.2 Å². The van der Waals surface area contributed by atoms with Crippen molar-refractivity contribution < 1.29 is 9.53 Å². The van der Waals surface area contributed by atoms with E-state index in [2.05, 4.69) is 28.1 Å². The van der Waals surface area contributed by atoms with Crippen LogP contribution in [-0.4, -0.2) is 22.6 Å². The van der Waals surface area contributed by atoms with E-state index in [9.17, 15) is 4.79 Å². The quantitative estimate of drug-likeness (QED) is 0.405. The number of nitrogens with zero attached hydrogens (tertiary/aromatic N) is 2. The first-order chi connectivity index (χ1) is 15.7. The van der Waals surface area contributed by atoms with Crippen LogP contribution < -0.4 is 10.1 Å². The Morgan fingerprint density at radius 3 is 2.50 bits per heavy atom. The van der Waals surface area contributed by atoms with Gasteiger partial charge >= 0.3 is 6.03 Å². The van der Waals surface area contributed by atoms with Gasteiger partial charge < -0.3 is 19.5 Å². The normalized spacial score (nSPS) is 14.8. The molecule has 0 bridgehead atoms. The first kappa shape index (κ1) is 20.2. The zero-order valence-corrected chi connectivity index (χ0v) is 18.3. The molecule has 0 saturated carbocycles. The lowest BCUT2D eigenvalue weighted by atomic mass is 10.0. The number of benzene rings is 3. The van der Waals surface area contributed by atoms with Gasteiger partial charge in [0, 0.05) is 11.9 Å². The Morgan fingerprint density at radius 1 is 0.969 bits per heavy atom. The summed E-state index contributed by atoms with van der Waals surface area (Å²) < 4.78 is 7.50. The summed E-state index contributed by atoms with van der Waals surface area (Å²) in [6.07, 6.45) is 2.04. The van der Waals surface area contributed by atoms with Crippen LogP contribution in [-0.2, 0) is 6.54 Å². The third kappa shape index (κ3) is 3.61. The van der Waals surface area contributed by atoms with Gasteiger partial charge in [0.05, 0.1) is 36.1 Å². The number of urea groups is 1. The van der Waals surface area contributed by atoms with Gasteiger partial charge in [0.2, 0.25) is 0 Å². The molecule has 0 aliphatic carbocycles. The molecule has 160 valence electrons. The Balaban J connectivity index is 1.63. The van der Waals surface area contributed by atoms with Crippen LogP contribution in [0.5, 0.6) is 5.75 Å². The molecule has 0 saturated heterocycles. The fraction of sp³-hybridized carbons (Fsp3) is 0.115. The smallest absolute Gasteiger partial charge is 0.323 e. The van der Waals surface area contributed by atoms with Crippen molar-refractivity contribution in [3.8, 4) is 11.4 Å². The lowest BCUT2D eigenvalue weighted by Crippen LogP contribution is -2.38. The van der Waals surface area contributed by atoms with Gasteiger partial charge in [-0.2, -0.15) is 0 Å². The molecule has 1 aliphatic heterocycles. The van der Waals surface area contributed by atoms with Crippen LogP contribution in [0.1, 0.15) is 22.9 Å². The van der Waals surface area contributed by atoms with Crippen LogP contribution in [0, 0.1) is 0 Å². The molecule has 1 aliphatic rings. The van der Waals surface area contributed by atoms with Gasteiger partial charge in [0.1, 0.15) is 5.75 Å². The van der Waals surface area contributed by atoms with Gasteiger partial charge in [0.15, 0.2) is 0 Å². The number of hydrogen-bond acceptors (Lipinski definition) is 2. The van der Waals surface area contributed by atoms with Crippen molar-refractivity contribution in [2.45, 2.75) is 12.6 Å². The molecular weight excluding hydrogens is 422 g/mol. The molecule has 5 nitrogen and oxygen atoms in total. The zero-order valence-electron chi connectivity index (χ0n) is 17.5. The molecule has 0 spiro atoms. The van der Waals surface area contributed by atoms with Gasteiger partial charge in [-0.25, -0.2) is 4.79 Å². The number of para-hydroxylation sites is 2. The van der Waals surface area contributed by atoms with E-state index < -0.39 is 0 Å². The van der Waals surface area contributed by atoms with Crippen LogP contribution in [0.4, 0.5) is 10.5 Å². The average Bonchev–Trinajstić information content (AvgIpc) is 3.25. The lowest BCUT2D eigenvalue weighted by Gasteiger charge is -2.31. The second-order valence-corrected chi connectivity index (χ2v) is 8.05. The second kappa shape index (κ2) is 8.44. The summed E-state index contributed by atoms with van der Waals surface area (Å²) in [6, 6.07) is 26.8. The highest BCUT2D eigenvalue weighted by Gasteiger charge is 2.33. The van der Waals surface area contributed by atoms with E-state index in [0.717, 1.165) is 28.3 Å². The molecule has 1 N–H and O–H groups in total. The number of amides is 2. The number of anilines is 1. The minimum atomic E-state index is -0.300. The number of nitrogens with one attached hydrogen (secondary N) is 1. The molecule has 1 atom stereocenters. The van der Waals surface area contributed by atoms with Crippen molar-refractivity contribution >= 4 is 23.3 Å². The number of rotatable bonds is 3. The monoisotopic (exact) mass is 443 g/mol. The van der Waals surface area contributed by atoms with Gasteiger partial charge in [-0.05, 0) is 53.6 Å². The van der Waals surface area contributed by atoms with Crippen LogP contribution >= 0.6 is 11.6 Å². The summed E-state index contributed by atoms with van der Waals surface area (Å²) in [5.41, 5.74) is 4.72. The van der Waals surface area contributed by atoms with E-state index >= 15 is 0 Å². The summed E-state index contributed by atoms with van der Waals surface area (Å²) in [6.45, 7) is 0.449. The Hall–Kier alpha value is -3.70. The Morgan fingerprint density at radius 2 is 1.72 bits per heavy atom. The molecule has 0 unspecified atom stereocenters. The molecule has 6 heteroatoms. The second-order valence-electron chi connectivity index (χ2n) is 7.65. The van der Waals surface area contributed by atoms with Crippen LogP contribution in [0.2, 0.25) is 5.02 Å². The van der Waals surface area contributed by atoms with Crippen molar-refractivity contribution in [3.63, 3.8) is 0 Å².